The Bertz CT molecular complexity index is 1070. The molecule has 1 aromatic carbocycles. The summed E-state index contributed by atoms with van der Waals surface area (Å²) in [5.74, 6) is -1.87. The lowest BCUT2D eigenvalue weighted by Gasteiger charge is -2.51. The second kappa shape index (κ2) is 5.94. The van der Waals surface area contributed by atoms with Crippen LogP contribution in [0.2, 0.25) is 0 Å². The van der Waals surface area contributed by atoms with Gasteiger partial charge in [-0.1, -0.05) is 48.9 Å². The van der Waals surface area contributed by atoms with E-state index in [0.717, 1.165) is 18.4 Å². The molecule has 7 atom stereocenters. The van der Waals surface area contributed by atoms with E-state index >= 15 is 0 Å². The highest BCUT2D eigenvalue weighted by Crippen LogP contribution is 2.68. The van der Waals surface area contributed by atoms with Crippen LogP contribution in [0, 0.1) is 80.8 Å². The molecule has 1 N–H and O–H groups in total. The number of ether oxygens (including phenoxy) is 2. The quantitative estimate of drug-likeness (QED) is 0.758. The van der Waals surface area contributed by atoms with Crippen LogP contribution in [0.25, 0.3) is 0 Å². The number of aryl methyl sites for hydroxylation is 1. The van der Waals surface area contributed by atoms with Gasteiger partial charge in [-0.25, -0.2) is 0 Å². The molecule has 3 fully saturated rings. The molecular formula is C24H22N4O2. The molecule has 0 radical (unpaired) electrons. The molecule has 0 aromatic heterocycles. The molecule has 2 aliphatic heterocycles. The molecular weight excluding hydrogens is 376 g/mol. The van der Waals surface area contributed by atoms with Crippen LogP contribution in [-0.4, -0.2) is 12.0 Å². The van der Waals surface area contributed by atoms with Crippen molar-refractivity contribution in [1.29, 1.82) is 21.2 Å². The van der Waals surface area contributed by atoms with E-state index in [1.165, 1.54) is 0 Å². The minimum atomic E-state index is -1.81. The van der Waals surface area contributed by atoms with Crippen molar-refractivity contribution in [2.75, 3.05) is 0 Å². The lowest BCUT2D eigenvalue weighted by Crippen LogP contribution is -2.63. The molecule has 1 saturated carbocycles. The Morgan fingerprint density at radius 1 is 1.03 bits per heavy atom. The zero-order chi connectivity index (χ0) is 21.3. The van der Waals surface area contributed by atoms with Crippen LogP contribution < -0.4 is 0 Å². The number of benzene rings is 1. The summed E-state index contributed by atoms with van der Waals surface area (Å²) < 4.78 is 12.7. The number of hydrogen-bond donors (Lipinski definition) is 1. The van der Waals surface area contributed by atoms with Crippen LogP contribution >= 0.6 is 0 Å². The Morgan fingerprint density at radius 2 is 1.73 bits per heavy atom. The molecule has 30 heavy (non-hydrogen) atoms. The van der Waals surface area contributed by atoms with Gasteiger partial charge in [0.25, 0.3) is 0 Å². The van der Waals surface area contributed by atoms with Gasteiger partial charge >= 0.3 is 0 Å². The molecule has 6 nitrogen and oxygen atoms in total. The number of nitrogens with zero attached hydrogens (tertiary/aromatic N) is 3. The minimum absolute atomic E-state index is 0.0705. The first kappa shape index (κ1) is 18.9. The van der Waals surface area contributed by atoms with Crippen LogP contribution in [-0.2, 0) is 15.3 Å². The molecule has 1 aromatic rings. The van der Waals surface area contributed by atoms with Crippen molar-refractivity contribution in [2.24, 2.45) is 34.5 Å². The zero-order valence-corrected chi connectivity index (χ0v) is 16.9. The number of nitriles is 3. The summed E-state index contributed by atoms with van der Waals surface area (Å²) >= 11 is 0. The topological polar surface area (TPSA) is 114 Å². The molecule has 4 bridgehead atoms. The number of rotatable bonds is 2. The molecule has 150 valence electrons. The molecule has 6 heteroatoms. The van der Waals surface area contributed by atoms with Gasteiger partial charge in [-0.2, -0.15) is 15.8 Å². The van der Waals surface area contributed by atoms with Gasteiger partial charge in [0, 0.05) is 5.56 Å². The van der Waals surface area contributed by atoms with Crippen LogP contribution in [0.15, 0.2) is 36.4 Å². The maximum Gasteiger partial charge on any atom is 0.243 e. The zero-order valence-electron chi connectivity index (χ0n) is 16.9. The van der Waals surface area contributed by atoms with E-state index in [9.17, 15) is 15.8 Å². The van der Waals surface area contributed by atoms with Crippen molar-refractivity contribution >= 4 is 5.90 Å². The third-order valence-corrected chi connectivity index (χ3v) is 7.88. The first-order valence-electron chi connectivity index (χ1n) is 10.3. The van der Waals surface area contributed by atoms with Crippen molar-refractivity contribution in [1.82, 2.24) is 0 Å². The van der Waals surface area contributed by atoms with Gasteiger partial charge < -0.3 is 9.47 Å². The highest BCUT2D eigenvalue weighted by molar-refractivity contribution is 5.89. The second-order valence-electron chi connectivity index (χ2n) is 9.12. The van der Waals surface area contributed by atoms with Gasteiger partial charge in [0.05, 0.1) is 30.2 Å². The van der Waals surface area contributed by atoms with Crippen LogP contribution in [0.5, 0.6) is 0 Å². The fourth-order valence-electron chi connectivity index (χ4n) is 6.26. The van der Waals surface area contributed by atoms with Gasteiger partial charge in [-0.3, -0.25) is 5.41 Å². The Hall–Kier alpha value is -3.14. The fraction of sp³-hybridized carbons (Fsp3) is 0.500. The summed E-state index contributed by atoms with van der Waals surface area (Å²) in [5.41, 5.74) is -1.74. The maximum atomic E-state index is 10.4. The monoisotopic (exact) mass is 398 g/mol. The van der Waals surface area contributed by atoms with Crippen LogP contribution in [0.1, 0.15) is 30.9 Å². The number of nitrogens with one attached hydrogen (secondary N) is 1. The predicted octanol–water partition coefficient (Wildman–Crippen LogP) is 3.95. The fourth-order valence-corrected chi connectivity index (χ4v) is 6.26. The predicted molar refractivity (Wildman–Crippen MR) is 106 cm³/mol. The highest BCUT2D eigenvalue weighted by atomic mass is 16.7. The summed E-state index contributed by atoms with van der Waals surface area (Å²) in [6.45, 7) is 3.73. The summed E-state index contributed by atoms with van der Waals surface area (Å²) in [5, 5.41) is 39.6. The smallest absolute Gasteiger partial charge is 0.243 e. The average Bonchev–Trinajstić information content (AvgIpc) is 3.42. The maximum absolute atomic E-state index is 10.4. The van der Waals surface area contributed by atoms with E-state index in [2.05, 4.69) is 30.4 Å². The summed E-state index contributed by atoms with van der Waals surface area (Å²) in [6, 6.07) is 14.2. The molecule has 2 saturated heterocycles. The summed E-state index contributed by atoms with van der Waals surface area (Å²) in [7, 11) is 0. The lowest BCUT2D eigenvalue weighted by atomic mass is 9.52. The molecule has 2 heterocycles. The van der Waals surface area contributed by atoms with E-state index in [1.807, 2.05) is 31.2 Å². The molecule has 7 unspecified atom stereocenters. The van der Waals surface area contributed by atoms with Crippen molar-refractivity contribution in [3.63, 3.8) is 0 Å². The second-order valence-corrected chi connectivity index (χ2v) is 9.12. The Balaban J connectivity index is 1.74. The minimum Gasteiger partial charge on any atom is -0.443 e. The summed E-state index contributed by atoms with van der Waals surface area (Å²) in [6.07, 6.45) is 5.29. The SMILES string of the molecule is Cc1ccc(C23OC(=N)C(C#N)(C2C)C(C#N)(C#N)C(C2CC4C=CC2C4)O3)cc1. The van der Waals surface area contributed by atoms with Crippen molar-refractivity contribution in [3.05, 3.63) is 47.5 Å². The number of allylic oxidation sites excluding steroid dienone is 2. The third-order valence-electron chi connectivity index (χ3n) is 7.88. The van der Waals surface area contributed by atoms with Gasteiger partial charge in [0.2, 0.25) is 11.7 Å². The first-order chi connectivity index (χ1) is 14.4. The third kappa shape index (κ3) is 1.92. The van der Waals surface area contributed by atoms with Gasteiger partial charge in [-0.15, -0.1) is 0 Å². The van der Waals surface area contributed by atoms with E-state index in [-0.39, 0.29) is 17.7 Å². The molecule has 0 amide bonds. The van der Waals surface area contributed by atoms with E-state index in [0.29, 0.717) is 11.5 Å². The van der Waals surface area contributed by atoms with Crippen LogP contribution in [0.3, 0.4) is 0 Å². The standard InChI is InChI=1S/C24H22N4O2/c1-14-3-7-18(8-4-14)24-15(2)23(13-27,21(28)30-24)22(11-25,12-26)20(29-24)19-10-16-5-6-17(19)9-16/h3-8,15-17,19-20,28H,9-10H2,1-2H3. The molecule has 4 aliphatic rings. The van der Waals surface area contributed by atoms with E-state index < -0.39 is 28.6 Å². The molecule has 0 spiro atoms. The van der Waals surface area contributed by atoms with Crippen LogP contribution in [0.4, 0.5) is 0 Å². The molecule has 5 rings (SSSR count). The van der Waals surface area contributed by atoms with Crippen molar-refractivity contribution in [3.8, 4) is 18.2 Å². The molecule has 2 aliphatic carbocycles. The van der Waals surface area contributed by atoms with E-state index in [4.69, 9.17) is 14.9 Å². The average molecular weight is 398 g/mol. The van der Waals surface area contributed by atoms with Gasteiger partial charge in [-0.05, 0) is 37.5 Å². The Morgan fingerprint density at radius 3 is 2.27 bits per heavy atom. The number of hydrogen-bond acceptors (Lipinski definition) is 6. The largest absolute Gasteiger partial charge is 0.443 e. The van der Waals surface area contributed by atoms with Crippen molar-refractivity contribution < 1.29 is 9.47 Å². The number of fused-ring (bicyclic) bond motifs is 4. The van der Waals surface area contributed by atoms with E-state index in [1.54, 1.807) is 6.92 Å². The first-order valence-corrected chi connectivity index (χ1v) is 10.3. The van der Waals surface area contributed by atoms with Crippen molar-refractivity contribution in [2.45, 2.75) is 38.6 Å². The lowest BCUT2D eigenvalue weighted by molar-refractivity contribution is -0.297. The van der Waals surface area contributed by atoms with Gasteiger partial charge in [0.1, 0.15) is 0 Å². The Kier molecular flexibility index (Phi) is 3.74. The normalized spacial score (nSPS) is 42.2. The Labute approximate surface area is 175 Å². The highest BCUT2D eigenvalue weighted by Gasteiger charge is 2.80. The van der Waals surface area contributed by atoms with Gasteiger partial charge in [0.15, 0.2) is 10.8 Å². The summed E-state index contributed by atoms with van der Waals surface area (Å²) in [4.78, 5) is 0.